The van der Waals surface area contributed by atoms with Crippen molar-refractivity contribution in [2.75, 3.05) is 7.11 Å². The maximum Gasteiger partial charge on any atom is 0.122 e. The van der Waals surface area contributed by atoms with Gasteiger partial charge in [0.2, 0.25) is 0 Å². The summed E-state index contributed by atoms with van der Waals surface area (Å²) in [4.78, 5) is 0. The van der Waals surface area contributed by atoms with Gasteiger partial charge in [-0.1, -0.05) is 36.4 Å². The lowest BCUT2D eigenvalue weighted by molar-refractivity contribution is 0.308. The summed E-state index contributed by atoms with van der Waals surface area (Å²) in [6.07, 6.45) is 3.95. The summed E-state index contributed by atoms with van der Waals surface area (Å²) in [5, 5.41) is 0. The number of ether oxygens (including phenoxy) is 1. The van der Waals surface area contributed by atoms with Crippen LogP contribution in [0.25, 0.3) is 5.57 Å². The van der Waals surface area contributed by atoms with Gasteiger partial charge in [0, 0.05) is 0 Å². The Hall–Kier alpha value is -1.50. The molecular weight excluding hydrogens is 172 g/mol. The molecule has 0 N–H and O–H groups in total. The molecule has 0 spiro atoms. The molecule has 1 aromatic carbocycles. The lowest BCUT2D eigenvalue weighted by Gasteiger charge is -2.07. The molecule has 0 amide bonds. The molecule has 14 heavy (non-hydrogen) atoms. The number of benzene rings is 1. The van der Waals surface area contributed by atoms with Gasteiger partial charge in [-0.3, -0.25) is 0 Å². The van der Waals surface area contributed by atoms with E-state index in [9.17, 15) is 0 Å². The first-order chi connectivity index (χ1) is 6.79. The Morgan fingerprint density at radius 2 is 1.86 bits per heavy atom. The van der Waals surface area contributed by atoms with Crippen molar-refractivity contribution in [3.8, 4) is 0 Å². The van der Waals surface area contributed by atoms with Gasteiger partial charge in [-0.25, -0.2) is 0 Å². The predicted molar refractivity (Wildman–Crippen MR) is 60.9 cm³/mol. The van der Waals surface area contributed by atoms with E-state index in [1.54, 1.807) is 7.11 Å². The van der Waals surface area contributed by atoms with Crippen molar-refractivity contribution >= 4 is 5.57 Å². The van der Waals surface area contributed by atoms with Crippen molar-refractivity contribution < 1.29 is 4.74 Å². The van der Waals surface area contributed by atoms with Crippen LogP contribution in [0.4, 0.5) is 0 Å². The molecule has 0 unspecified atom stereocenters. The topological polar surface area (TPSA) is 9.23 Å². The van der Waals surface area contributed by atoms with Crippen LogP contribution >= 0.6 is 0 Å². The van der Waals surface area contributed by atoms with Crippen LogP contribution in [0.5, 0.6) is 0 Å². The normalized spacial score (nSPS) is 12.8. The van der Waals surface area contributed by atoms with Gasteiger partial charge in [-0.05, 0) is 31.1 Å². The highest BCUT2D eigenvalue weighted by atomic mass is 16.5. The molecule has 0 radical (unpaired) electrons. The van der Waals surface area contributed by atoms with Crippen LogP contribution in [0.2, 0.25) is 0 Å². The number of allylic oxidation sites excluding steroid dienone is 3. The van der Waals surface area contributed by atoms with Gasteiger partial charge in [-0.15, -0.1) is 0 Å². The summed E-state index contributed by atoms with van der Waals surface area (Å²) in [5.74, 6) is 0.915. The predicted octanol–water partition coefficient (Wildman–Crippen LogP) is 3.64. The molecule has 1 heteroatoms. The molecule has 0 saturated carbocycles. The molecule has 0 aliphatic rings. The van der Waals surface area contributed by atoms with Crippen LogP contribution in [-0.2, 0) is 4.74 Å². The maximum absolute atomic E-state index is 5.30. The Labute approximate surface area is 85.7 Å². The van der Waals surface area contributed by atoms with E-state index in [2.05, 4.69) is 19.1 Å². The van der Waals surface area contributed by atoms with Crippen molar-refractivity contribution in [2.45, 2.75) is 13.8 Å². The minimum atomic E-state index is 0.915. The minimum Gasteiger partial charge on any atom is -0.496 e. The van der Waals surface area contributed by atoms with E-state index in [0.717, 1.165) is 11.3 Å². The second kappa shape index (κ2) is 5.28. The van der Waals surface area contributed by atoms with Crippen LogP contribution in [-0.4, -0.2) is 7.11 Å². The third kappa shape index (κ3) is 2.49. The number of rotatable bonds is 3. The van der Waals surface area contributed by atoms with Gasteiger partial charge < -0.3 is 4.74 Å². The Kier molecular flexibility index (Phi) is 3.99. The number of hydrogen-bond donors (Lipinski definition) is 0. The molecule has 0 aromatic heterocycles. The molecule has 0 saturated heterocycles. The summed E-state index contributed by atoms with van der Waals surface area (Å²) >= 11 is 0. The zero-order chi connectivity index (χ0) is 10.4. The van der Waals surface area contributed by atoms with Gasteiger partial charge >= 0.3 is 0 Å². The van der Waals surface area contributed by atoms with E-state index in [4.69, 9.17) is 4.74 Å². The molecule has 1 nitrogen and oxygen atoms in total. The van der Waals surface area contributed by atoms with Crippen molar-refractivity contribution in [1.82, 2.24) is 0 Å². The quantitative estimate of drug-likeness (QED) is 0.519. The molecule has 0 bridgehead atoms. The minimum absolute atomic E-state index is 0.915. The first-order valence-corrected chi connectivity index (χ1v) is 4.72. The lowest BCUT2D eigenvalue weighted by atomic mass is 10.1. The van der Waals surface area contributed by atoms with Crippen LogP contribution in [0, 0.1) is 0 Å². The highest BCUT2D eigenvalue weighted by Gasteiger charge is 2.00. The van der Waals surface area contributed by atoms with Crippen LogP contribution < -0.4 is 0 Å². The first kappa shape index (κ1) is 10.6. The summed E-state index contributed by atoms with van der Waals surface area (Å²) in [6, 6.07) is 10.2. The fourth-order valence-electron chi connectivity index (χ4n) is 1.33. The monoisotopic (exact) mass is 188 g/mol. The van der Waals surface area contributed by atoms with E-state index in [0.29, 0.717) is 0 Å². The van der Waals surface area contributed by atoms with Gasteiger partial charge in [0.05, 0.1) is 7.11 Å². The first-order valence-electron chi connectivity index (χ1n) is 4.72. The van der Waals surface area contributed by atoms with Crippen LogP contribution in [0.15, 0.2) is 48.2 Å². The fraction of sp³-hybridized carbons (Fsp3) is 0.231. The molecular formula is C13H16O. The Morgan fingerprint density at radius 1 is 1.21 bits per heavy atom. The smallest absolute Gasteiger partial charge is 0.122 e. The molecule has 0 aliphatic heterocycles. The summed E-state index contributed by atoms with van der Waals surface area (Å²) in [5.41, 5.74) is 2.36. The highest BCUT2D eigenvalue weighted by molar-refractivity contribution is 5.67. The molecule has 74 valence electrons. The molecule has 0 fully saturated rings. The van der Waals surface area contributed by atoms with Crippen molar-refractivity contribution in [3.05, 3.63) is 53.8 Å². The summed E-state index contributed by atoms with van der Waals surface area (Å²) < 4.78 is 5.30. The molecule has 1 rings (SSSR count). The Balaban J connectivity index is 3.08. The van der Waals surface area contributed by atoms with E-state index in [1.165, 1.54) is 5.56 Å². The third-order valence-corrected chi connectivity index (χ3v) is 2.11. The second-order valence-electron chi connectivity index (χ2n) is 3.06. The van der Waals surface area contributed by atoms with Gasteiger partial charge in [0.25, 0.3) is 0 Å². The van der Waals surface area contributed by atoms with E-state index < -0.39 is 0 Å². The lowest BCUT2D eigenvalue weighted by Crippen LogP contribution is -1.88. The van der Waals surface area contributed by atoms with E-state index in [1.807, 2.05) is 37.3 Å². The third-order valence-electron chi connectivity index (χ3n) is 2.11. The molecule has 0 heterocycles. The van der Waals surface area contributed by atoms with Crippen LogP contribution in [0.3, 0.4) is 0 Å². The average molecular weight is 188 g/mol. The van der Waals surface area contributed by atoms with Gasteiger partial charge in [0.1, 0.15) is 5.76 Å². The standard InChI is InChI=1S/C13H16O/c1-4-8-13(14-3)11(2)12-9-6-5-7-10-12/h4-10H,1-3H3/b8-4+,13-11+. The van der Waals surface area contributed by atoms with Crippen molar-refractivity contribution in [2.24, 2.45) is 0 Å². The fourth-order valence-corrected chi connectivity index (χ4v) is 1.33. The summed E-state index contributed by atoms with van der Waals surface area (Å²) in [7, 11) is 1.70. The molecule has 0 aliphatic carbocycles. The number of hydrogen-bond acceptors (Lipinski definition) is 1. The zero-order valence-corrected chi connectivity index (χ0v) is 8.95. The zero-order valence-electron chi connectivity index (χ0n) is 8.95. The second-order valence-corrected chi connectivity index (χ2v) is 3.06. The van der Waals surface area contributed by atoms with Crippen molar-refractivity contribution in [1.29, 1.82) is 0 Å². The van der Waals surface area contributed by atoms with E-state index in [-0.39, 0.29) is 0 Å². The van der Waals surface area contributed by atoms with E-state index >= 15 is 0 Å². The largest absolute Gasteiger partial charge is 0.496 e. The van der Waals surface area contributed by atoms with Crippen molar-refractivity contribution in [3.63, 3.8) is 0 Å². The summed E-state index contributed by atoms with van der Waals surface area (Å²) in [6.45, 7) is 4.05. The Morgan fingerprint density at radius 3 is 2.36 bits per heavy atom. The SMILES string of the molecule is C/C=C/C(OC)=C(/C)c1ccccc1. The average Bonchev–Trinajstić information content (AvgIpc) is 2.26. The van der Waals surface area contributed by atoms with Crippen LogP contribution in [0.1, 0.15) is 19.4 Å². The Bertz CT molecular complexity index is 334. The molecule has 1 aromatic rings. The maximum atomic E-state index is 5.30. The molecule has 0 atom stereocenters. The number of methoxy groups -OCH3 is 1. The van der Waals surface area contributed by atoms with Gasteiger partial charge in [0.15, 0.2) is 0 Å². The van der Waals surface area contributed by atoms with Gasteiger partial charge in [-0.2, -0.15) is 0 Å². The highest BCUT2D eigenvalue weighted by Crippen LogP contribution is 2.18.